The van der Waals surface area contributed by atoms with Gasteiger partial charge in [-0.1, -0.05) is 0 Å². The van der Waals surface area contributed by atoms with Gasteiger partial charge in [0.25, 0.3) is 0 Å². The van der Waals surface area contributed by atoms with E-state index in [-0.39, 0.29) is 14.5 Å². The van der Waals surface area contributed by atoms with Gasteiger partial charge >= 0.3 is 138 Å². The maximum absolute atomic E-state index is 5.46. The number of para-hydroxylation sites is 1. The summed E-state index contributed by atoms with van der Waals surface area (Å²) < 4.78 is 7.89. The first kappa shape index (κ1) is 13.4. The Morgan fingerprint density at radius 1 is 1.09 bits per heavy atom. The molecule has 1 aliphatic rings. The summed E-state index contributed by atoms with van der Waals surface area (Å²) >= 11 is 0.156. The Labute approximate surface area is 138 Å². The predicted octanol–water partition coefficient (Wildman–Crippen LogP) is 2.22. The van der Waals surface area contributed by atoms with Gasteiger partial charge < -0.3 is 0 Å². The zero-order valence-electron chi connectivity index (χ0n) is 12.4. The molecule has 1 aliphatic heterocycles. The van der Waals surface area contributed by atoms with E-state index < -0.39 is 0 Å². The van der Waals surface area contributed by atoms with Crippen LogP contribution in [0.4, 0.5) is 5.82 Å². The Morgan fingerprint density at radius 2 is 1.96 bits per heavy atom. The van der Waals surface area contributed by atoms with Gasteiger partial charge in [-0.15, -0.1) is 0 Å². The van der Waals surface area contributed by atoms with Gasteiger partial charge in [-0.05, 0) is 0 Å². The quantitative estimate of drug-likeness (QED) is 0.482. The van der Waals surface area contributed by atoms with Gasteiger partial charge in [0.1, 0.15) is 0 Å². The Balaban J connectivity index is 1.79. The van der Waals surface area contributed by atoms with Crippen LogP contribution >= 0.6 is 0 Å². The zero-order chi connectivity index (χ0) is 15.2. The Kier molecular flexibility index (Phi) is 3.08. The monoisotopic (exact) mass is 370 g/mol. The number of hydrogen-bond donors (Lipinski definition) is 0. The first-order valence-corrected chi connectivity index (χ1v) is 9.37. The molecule has 0 bridgehead atoms. The summed E-state index contributed by atoms with van der Waals surface area (Å²) in [5.74, 6) is 1.07. The van der Waals surface area contributed by atoms with Crippen molar-refractivity contribution in [3.05, 3.63) is 36.7 Å². The van der Waals surface area contributed by atoms with Crippen molar-refractivity contribution in [3.8, 4) is 0 Å². The van der Waals surface area contributed by atoms with Crippen LogP contribution in [0.1, 0.15) is 0 Å². The molecule has 1 fully saturated rings. The van der Waals surface area contributed by atoms with E-state index in [4.69, 9.17) is 9.72 Å². The van der Waals surface area contributed by atoms with Crippen molar-refractivity contribution in [1.29, 1.82) is 0 Å². The molecule has 1 aromatic carbocycles. The topological polar surface area (TPSA) is 51.1 Å². The molecule has 23 heavy (non-hydrogen) atoms. The number of hydrogen-bond acceptors (Lipinski definition) is 5. The average molecular weight is 369 g/mol. The summed E-state index contributed by atoms with van der Waals surface area (Å²) in [5.41, 5.74) is 2.12. The number of rotatable bonds is 1. The second kappa shape index (κ2) is 5.27. The summed E-state index contributed by atoms with van der Waals surface area (Å²) in [4.78, 5) is 16.3. The van der Waals surface area contributed by atoms with Crippen LogP contribution in [0, 0.1) is 0 Å². The van der Waals surface area contributed by atoms with Crippen molar-refractivity contribution in [2.45, 2.75) is 0 Å². The molecule has 114 valence electrons. The van der Waals surface area contributed by atoms with Crippen LogP contribution in [-0.2, 0) is 4.74 Å². The molecule has 0 atom stereocenters. The van der Waals surface area contributed by atoms with Crippen molar-refractivity contribution in [2.75, 3.05) is 31.2 Å². The number of pyridine rings is 1. The van der Waals surface area contributed by atoms with E-state index in [1.165, 1.54) is 19.4 Å². The Morgan fingerprint density at radius 3 is 2.87 bits per heavy atom. The predicted molar refractivity (Wildman–Crippen MR) is 92.3 cm³/mol. The fourth-order valence-electron chi connectivity index (χ4n) is 3.09. The number of nitrogens with zero attached hydrogens (tertiary/aromatic N) is 4. The molecule has 0 saturated carbocycles. The van der Waals surface area contributed by atoms with E-state index >= 15 is 0 Å². The van der Waals surface area contributed by atoms with E-state index in [1.807, 2.05) is 6.07 Å². The van der Waals surface area contributed by atoms with Crippen LogP contribution in [0.15, 0.2) is 36.7 Å². The van der Waals surface area contributed by atoms with Gasteiger partial charge in [0, 0.05) is 0 Å². The molecule has 0 unspecified atom stereocenters. The molecule has 0 spiro atoms. The second-order valence-corrected chi connectivity index (χ2v) is 7.71. The van der Waals surface area contributed by atoms with Gasteiger partial charge in [-0.2, -0.15) is 0 Å². The molecule has 3 aromatic heterocycles. The van der Waals surface area contributed by atoms with Gasteiger partial charge in [0.05, 0.1) is 0 Å². The van der Waals surface area contributed by atoms with Crippen LogP contribution in [0.3, 0.4) is 0 Å². The van der Waals surface area contributed by atoms with Crippen molar-refractivity contribution >= 4 is 50.8 Å². The average Bonchev–Trinajstić information content (AvgIpc) is 2.98. The van der Waals surface area contributed by atoms with Crippen LogP contribution in [0.25, 0.3) is 30.5 Å². The molecule has 0 radical (unpaired) electrons. The van der Waals surface area contributed by atoms with E-state index in [2.05, 4.69) is 39.1 Å². The molecule has 5 rings (SSSR count). The summed E-state index contributed by atoms with van der Waals surface area (Å²) in [5, 5.41) is 2.34. The molecule has 4 heterocycles. The number of aromatic nitrogens is 3. The summed E-state index contributed by atoms with van der Waals surface area (Å²) in [7, 11) is 0. The van der Waals surface area contributed by atoms with E-state index in [0.29, 0.717) is 0 Å². The van der Waals surface area contributed by atoms with Gasteiger partial charge in [-0.3, -0.25) is 0 Å². The Bertz CT molecular complexity index is 1020. The molecule has 0 amide bonds. The number of benzene rings is 1. The van der Waals surface area contributed by atoms with Crippen LogP contribution in [0.2, 0.25) is 0 Å². The SMILES string of the molecule is c1ccc2nc3[se]c4c(N5CCOCC5)ncnc4c3cc2c1. The van der Waals surface area contributed by atoms with Crippen molar-refractivity contribution < 1.29 is 4.74 Å². The zero-order valence-corrected chi connectivity index (χ0v) is 14.1. The molecule has 5 nitrogen and oxygen atoms in total. The molecule has 0 N–H and O–H groups in total. The number of fused-ring (bicyclic) bond motifs is 4. The maximum atomic E-state index is 5.46. The second-order valence-electron chi connectivity index (χ2n) is 5.61. The minimum absolute atomic E-state index is 0.156. The third-order valence-corrected chi connectivity index (χ3v) is 6.51. The van der Waals surface area contributed by atoms with Crippen LogP contribution in [0.5, 0.6) is 0 Å². The number of anilines is 1. The molecule has 1 saturated heterocycles. The molecular formula is C17H14N4OSe. The van der Waals surface area contributed by atoms with Crippen LogP contribution < -0.4 is 4.90 Å². The normalized spacial score (nSPS) is 15.7. The summed E-state index contributed by atoms with van der Waals surface area (Å²) in [6.45, 7) is 3.32. The fourth-order valence-corrected chi connectivity index (χ4v) is 5.48. The van der Waals surface area contributed by atoms with Crippen molar-refractivity contribution in [1.82, 2.24) is 15.0 Å². The standard InChI is InChI=1S/C17H14N4OSe/c1-2-4-13-11(3-1)9-12-14-15(23-17(12)20-13)16(19-10-18-14)21-5-7-22-8-6-21/h1-4,9-10H,5-8H2. The minimum atomic E-state index is 0.156. The van der Waals surface area contributed by atoms with E-state index in [9.17, 15) is 0 Å². The van der Waals surface area contributed by atoms with E-state index in [1.54, 1.807) is 6.33 Å². The van der Waals surface area contributed by atoms with Gasteiger partial charge in [0.15, 0.2) is 0 Å². The third kappa shape index (κ3) is 2.14. The van der Waals surface area contributed by atoms with Crippen molar-refractivity contribution in [2.24, 2.45) is 0 Å². The molecular weight excluding hydrogens is 355 g/mol. The number of ether oxygens (including phenoxy) is 1. The molecule has 6 heteroatoms. The van der Waals surface area contributed by atoms with Gasteiger partial charge in [-0.25, -0.2) is 0 Å². The summed E-state index contributed by atoms with van der Waals surface area (Å²) in [6.07, 6.45) is 1.68. The van der Waals surface area contributed by atoms with E-state index in [0.717, 1.165) is 43.2 Å². The van der Waals surface area contributed by atoms with Gasteiger partial charge in [0.2, 0.25) is 0 Å². The first-order chi connectivity index (χ1) is 11.4. The molecule has 0 aliphatic carbocycles. The third-order valence-electron chi connectivity index (χ3n) is 4.24. The van der Waals surface area contributed by atoms with Crippen LogP contribution in [-0.4, -0.2) is 55.8 Å². The molecule has 4 aromatic rings. The van der Waals surface area contributed by atoms with Crippen molar-refractivity contribution in [3.63, 3.8) is 0 Å². The number of morpholine rings is 1. The Hall–Kier alpha value is -2.01. The fraction of sp³-hybridized carbons (Fsp3) is 0.235. The summed E-state index contributed by atoms with van der Waals surface area (Å²) in [6, 6.07) is 10.5. The first-order valence-electron chi connectivity index (χ1n) is 7.66.